The molecule has 1 amide bonds. The predicted molar refractivity (Wildman–Crippen MR) is 62.2 cm³/mol. The van der Waals surface area contributed by atoms with E-state index >= 15 is 0 Å². The number of aryl methyl sites for hydroxylation is 1. The van der Waals surface area contributed by atoms with Crippen molar-refractivity contribution in [3.63, 3.8) is 0 Å². The molecule has 0 bridgehead atoms. The molecule has 0 atom stereocenters. The van der Waals surface area contributed by atoms with Crippen molar-refractivity contribution in [2.24, 2.45) is 5.73 Å². The molecule has 17 heavy (non-hydrogen) atoms. The summed E-state index contributed by atoms with van der Waals surface area (Å²) in [7, 11) is 0. The lowest BCUT2D eigenvalue weighted by Gasteiger charge is -2.15. The van der Waals surface area contributed by atoms with Crippen LogP contribution in [0.4, 0.5) is 8.78 Å². The summed E-state index contributed by atoms with van der Waals surface area (Å²) in [5, 5.41) is 2.20. The number of nitrogens with one attached hydrogen (secondary N) is 1. The molecule has 0 spiro atoms. The lowest BCUT2D eigenvalue weighted by atomic mass is 10.0. The van der Waals surface area contributed by atoms with E-state index in [1.54, 1.807) is 18.2 Å². The largest absolute Gasteiger partial charge is 0.346 e. The third kappa shape index (κ3) is 3.78. The Morgan fingerprint density at radius 3 is 2.65 bits per heavy atom. The lowest BCUT2D eigenvalue weighted by molar-refractivity contribution is 0.0118. The molecule has 0 aliphatic heterocycles. The molecular formula is C12H16F2N2O. The summed E-state index contributed by atoms with van der Waals surface area (Å²) in [6, 6.07) is 6.93. The van der Waals surface area contributed by atoms with Crippen LogP contribution in [-0.2, 0) is 6.42 Å². The minimum atomic E-state index is -3.06. The highest BCUT2D eigenvalue weighted by Crippen LogP contribution is 2.12. The van der Waals surface area contributed by atoms with E-state index in [1.807, 2.05) is 13.0 Å². The van der Waals surface area contributed by atoms with Gasteiger partial charge in [-0.1, -0.05) is 25.1 Å². The zero-order chi connectivity index (χ0) is 12.9. The molecular weight excluding hydrogens is 226 g/mol. The van der Waals surface area contributed by atoms with Gasteiger partial charge in [-0.05, 0) is 18.1 Å². The molecule has 3 nitrogen and oxygen atoms in total. The quantitative estimate of drug-likeness (QED) is 0.823. The molecule has 0 radical (unpaired) electrons. The van der Waals surface area contributed by atoms with Crippen LogP contribution >= 0.6 is 0 Å². The van der Waals surface area contributed by atoms with E-state index in [0.717, 1.165) is 5.56 Å². The maximum atomic E-state index is 12.9. The average molecular weight is 242 g/mol. The molecule has 0 saturated heterocycles. The Balaban J connectivity index is 2.70. The maximum absolute atomic E-state index is 12.9. The third-order valence-electron chi connectivity index (χ3n) is 2.45. The van der Waals surface area contributed by atoms with Crippen LogP contribution in [0.25, 0.3) is 0 Å². The van der Waals surface area contributed by atoms with Crippen molar-refractivity contribution in [1.29, 1.82) is 0 Å². The van der Waals surface area contributed by atoms with Crippen molar-refractivity contribution in [3.8, 4) is 0 Å². The van der Waals surface area contributed by atoms with Crippen LogP contribution in [0.2, 0.25) is 0 Å². The number of carbonyl (C=O) groups excluding carboxylic acids is 1. The van der Waals surface area contributed by atoms with Crippen LogP contribution in [0.3, 0.4) is 0 Å². The van der Waals surface area contributed by atoms with Gasteiger partial charge in [-0.3, -0.25) is 4.79 Å². The number of nitrogens with two attached hydrogens (primary N) is 1. The number of halogens is 2. The van der Waals surface area contributed by atoms with Gasteiger partial charge < -0.3 is 11.1 Å². The maximum Gasteiger partial charge on any atom is 0.277 e. The fourth-order valence-electron chi connectivity index (χ4n) is 1.43. The van der Waals surface area contributed by atoms with Crippen LogP contribution in [0, 0.1) is 0 Å². The van der Waals surface area contributed by atoms with Crippen molar-refractivity contribution in [2.75, 3.05) is 13.1 Å². The van der Waals surface area contributed by atoms with E-state index in [1.165, 1.54) is 0 Å². The second-order valence-corrected chi connectivity index (χ2v) is 3.75. The van der Waals surface area contributed by atoms with Crippen molar-refractivity contribution < 1.29 is 13.6 Å². The Kier molecular flexibility index (Phi) is 4.57. The SMILES string of the molecule is CCc1ccccc1C(=O)NCC(F)(F)CN. The van der Waals surface area contributed by atoms with Crippen LogP contribution in [-0.4, -0.2) is 24.9 Å². The Hall–Kier alpha value is -1.49. The number of carbonyl (C=O) groups is 1. The van der Waals surface area contributed by atoms with Gasteiger partial charge in [0, 0.05) is 5.56 Å². The molecule has 0 fully saturated rings. The molecule has 94 valence electrons. The molecule has 3 N–H and O–H groups in total. The second kappa shape index (κ2) is 5.72. The normalized spacial score (nSPS) is 11.3. The Labute approximate surface area is 99.0 Å². The first kappa shape index (κ1) is 13.6. The lowest BCUT2D eigenvalue weighted by Crippen LogP contribution is -2.41. The van der Waals surface area contributed by atoms with Crippen molar-refractivity contribution in [2.45, 2.75) is 19.3 Å². The van der Waals surface area contributed by atoms with Gasteiger partial charge in [0.15, 0.2) is 0 Å². The zero-order valence-corrected chi connectivity index (χ0v) is 9.67. The molecule has 0 aromatic heterocycles. The molecule has 0 aliphatic rings. The summed E-state index contributed by atoms with van der Waals surface area (Å²) < 4.78 is 25.7. The summed E-state index contributed by atoms with van der Waals surface area (Å²) in [5.74, 6) is -3.55. The minimum absolute atomic E-state index is 0.433. The first-order valence-electron chi connectivity index (χ1n) is 5.44. The van der Waals surface area contributed by atoms with Gasteiger partial charge >= 0.3 is 0 Å². The summed E-state index contributed by atoms with van der Waals surface area (Å²) in [6.07, 6.45) is 0.677. The molecule has 1 aromatic rings. The Bertz CT molecular complexity index is 394. The van der Waals surface area contributed by atoms with Gasteiger partial charge in [0.05, 0.1) is 13.1 Å². The molecule has 1 rings (SSSR count). The Morgan fingerprint density at radius 1 is 1.41 bits per heavy atom. The number of rotatable bonds is 5. The highest BCUT2D eigenvalue weighted by molar-refractivity contribution is 5.95. The van der Waals surface area contributed by atoms with E-state index in [9.17, 15) is 13.6 Å². The van der Waals surface area contributed by atoms with Gasteiger partial charge in [0.2, 0.25) is 0 Å². The standard InChI is InChI=1S/C12H16F2N2O/c1-2-9-5-3-4-6-10(9)11(17)16-8-12(13,14)7-15/h3-6H,2,7-8,15H2,1H3,(H,16,17). The number of amides is 1. The van der Waals surface area contributed by atoms with Crippen molar-refractivity contribution in [1.82, 2.24) is 5.32 Å². The van der Waals surface area contributed by atoms with Gasteiger partial charge in [0.1, 0.15) is 0 Å². The monoisotopic (exact) mass is 242 g/mol. The first-order valence-corrected chi connectivity index (χ1v) is 5.44. The van der Waals surface area contributed by atoms with Gasteiger partial charge in [0.25, 0.3) is 11.8 Å². The summed E-state index contributed by atoms with van der Waals surface area (Å²) in [4.78, 5) is 11.7. The minimum Gasteiger partial charge on any atom is -0.346 e. The highest BCUT2D eigenvalue weighted by Gasteiger charge is 2.27. The van der Waals surface area contributed by atoms with E-state index < -0.39 is 24.9 Å². The molecule has 5 heteroatoms. The topological polar surface area (TPSA) is 55.1 Å². The Morgan fingerprint density at radius 2 is 2.06 bits per heavy atom. The number of benzene rings is 1. The van der Waals surface area contributed by atoms with E-state index in [4.69, 9.17) is 5.73 Å². The highest BCUT2D eigenvalue weighted by atomic mass is 19.3. The average Bonchev–Trinajstić information content (AvgIpc) is 2.36. The summed E-state index contributed by atoms with van der Waals surface area (Å²) in [5.41, 5.74) is 6.15. The number of hydrogen-bond acceptors (Lipinski definition) is 2. The first-order chi connectivity index (χ1) is 8.00. The summed E-state index contributed by atoms with van der Waals surface area (Å²) >= 11 is 0. The molecule has 0 heterocycles. The predicted octanol–water partition coefficient (Wildman–Crippen LogP) is 1.57. The molecule has 0 saturated carbocycles. The number of hydrogen-bond donors (Lipinski definition) is 2. The zero-order valence-electron chi connectivity index (χ0n) is 9.67. The van der Waals surface area contributed by atoms with Gasteiger partial charge in [-0.15, -0.1) is 0 Å². The third-order valence-corrected chi connectivity index (χ3v) is 2.45. The van der Waals surface area contributed by atoms with Crippen LogP contribution in [0.5, 0.6) is 0 Å². The molecule has 0 aliphatic carbocycles. The van der Waals surface area contributed by atoms with Crippen molar-refractivity contribution in [3.05, 3.63) is 35.4 Å². The number of alkyl halides is 2. The second-order valence-electron chi connectivity index (χ2n) is 3.75. The van der Waals surface area contributed by atoms with Crippen LogP contribution in [0.1, 0.15) is 22.8 Å². The van der Waals surface area contributed by atoms with Crippen molar-refractivity contribution >= 4 is 5.91 Å². The van der Waals surface area contributed by atoms with E-state index in [2.05, 4.69) is 5.32 Å². The van der Waals surface area contributed by atoms with E-state index in [-0.39, 0.29) is 0 Å². The summed E-state index contributed by atoms with van der Waals surface area (Å²) in [6.45, 7) is 0.393. The van der Waals surface area contributed by atoms with Crippen LogP contribution in [0.15, 0.2) is 24.3 Å². The smallest absolute Gasteiger partial charge is 0.277 e. The molecule has 0 unspecified atom stereocenters. The van der Waals surface area contributed by atoms with E-state index in [0.29, 0.717) is 12.0 Å². The fourth-order valence-corrected chi connectivity index (χ4v) is 1.43. The fraction of sp³-hybridized carbons (Fsp3) is 0.417. The molecule has 1 aromatic carbocycles. The van der Waals surface area contributed by atoms with Gasteiger partial charge in [-0.25, -0.2) is 8.78 Å². The van der Waals surface area contributed by atoms with Crippen LogP contribution < -0.4 is 11.1 Å². The van der Waals surface area contributed by atoms with Gasteiger partial charge in [-0.2, -0.15) is 0 Å².